The van der Waals surface area contributed by atoms with Crippen LogP contribution in [0.5, 0.6) is 11.5 Å². The van der Waals surface area contributed by atoms with E-state index in [1.54, 1.807) is 12.1 Å². The Hall–Kier alpha value is -2.84. The quantitative estimate of drug-likeness (QED) is 0.698. The number of carbonyl (C=O) groups is 1. The van der Waals surface area contributed by atoms with Crippen molar-refractivity contribution in [1.29, 1.82) is 0 Å². The second-order valence-electron chi connectivity index (χ2n) is 9.61. The zero-order valence-corrected chi connectivity index (χ0v) is 19.2. The molecule has 8 nitrogen and oxygen atoms in total. The van der Waals surface area contributed by atoms with Crippen molar-refractivity contribution in [3.05, 3.63) is 18.5 Å². The summed E-state index contributed by atoms with van der Waals surface area (Å²) in [5, 5.41) is 0.800. The highest BCUT2D eigenvalue weighted by Crippen LogP contribution is 2.43. The number of rotatable bonds is 4. The summed E-state index contributed by atoms with van der Waals surface area (Å²) in [5.74, 6) is 1.57. The molecule has 1 spiro atoms. The van der Waals surface area contributed by atoms with E-state index in [1.807, 2.05) is 25.7 Å². The molecule has 0 aliphatic carbocycles. The third-order valence-electron chi connectivity index (χ3n) is 6.32. The first-order chi connectivity index (χ1) is 15.2. The molecule has 2 fully saturated rings. The summed E-state index contributed by atoms with van der Waals surface area (Å²) in [6, 6.07) is 3.49. The summed E-state index contributed by atoms with van der Waals surface area (Å²) in [5.41, 5.74) is 0.343. The Labute approximate surface area is 187 Å². The van der Waals surface area contributed by atoms with Crippen molar-refractivity contribution < 1.29 is 23.4 Å². The van der Waals surface area contributed by atoms with Crippen molar-refractivity contribution in [3.8, 4) is 11.5 Å². The summed E-state index contributed by atoms with van der Waals surface area (Å²) < 4.78 is 28.8. The molecule has 0 radical (unpaired) electrons. The minimum atomic E-state index is -0.939. The summed E-state index contributed by atoms with van der Waals surface area (Å²) in [4.78, 5) is 25.4. The molecule has 0 unspecified atom stereocenters. The van der Waals surface area contributed by atoms with Crippen molar-refractivity contribution in [3.63, 3.8) is 0 Å². The highest BCUT2D eigenvalue weighted by molar-refractivity contribution is 5.92. The monoisotopic (exact) mass is 446 g/mol. The number of benzene rings is 1. The van der Waals surface area contributed by atoms with Crippen LogP contribution in [0.4, 0.5) is 15.0 Å². The molecular formula is C23H31FN4O4. The van der Waals surface area contributed by atoms with E-state index in [0.29, 0.717) is 11.5 Å². The van der Waals surface area contributed by atoms with Gasteiger partial charge in [0.2, 0.25) is 6.86 Å². The number of methoxy groups -OCH3 is 1. The molecule has 2 saturated heterocycles. The predicted octanol–water partition coefficient (Wildman–Crippen LogP) is 4.17. The molecule has 4 rings (SSSR count). The molecule has 0 atom stereocenters. The summed E-state index contributed by atoms with van der Waals surface area (Å²) in [7, 11) is 1.51. The van der Waals surface area contributed by atoms with Crippen LogP contribution in [0.3, 0.4) is 0 Å². The number of alkyl halides is 1. The minimum Gasteiger partial charge on any atom is -0.493 e. The molecule has 1 aromatic carbocycles. The van der Waals surface area contributed by atoms with Crippen LogP contribution in [-0.4, -0.2) is 66.7 Å². The second kappa shape index (κ2) is 8.60. The molecule has 0 N–H and O–H groups in total. The van der Waals surface area contributed by atoms with Gasteiger partial charge in [0, 0.05) is 37.6 Å². The van der Waals surface area contributed by atoms with E-state index in [9.17, 15) is 9.18 Å². The number of hydrogen-bond acceptors (Lipinski definition) is 7. The average molecular weight is 447 g/mol. The first-order valence-electron chi connectivity index (χ1n) is 11.0. The molecule has 32 heavy (non-hydrogen) atoms. The van der Waals surface area contributed by atoms with E-state index in [1.165, 1.54) is 13.4 Å². The molecule has 0 saturated carbocycles. The fraction of sp³-hybridized carbons (Fsp3) is 0.609. The Morgan fingerprint density at radius 1 is 1.12 bits per heavy atom. The van der Waals surface area contributed by atoms with Gasteiger partial charge in [-0.1, -0.05) is 0 Å². The lowest BCUT2D eigenvalue weighted by Gasteiger charge is -2.40. The van der Waals surface area contributed by atoms with Gasteiger partial charge in [-0.3, -0.25) is 0 Å². The number of piperidine rings is 1. The smallest absolute Gasteiger partial charge is 0.410 e. The minimum absolute atomic E-state index is 0.113. The fourth-order valence-electron chi connectivity index (χ4n) is 4.65. The second-order valence-corrected chi connectivity index (χ2v) is 9.61. The van der Waals surface area contributed by atoms with Gasteiger partial charge in [-0.05, 0) is 51.5 Å². The van der Waals surface area contributed by atoms with E-state index in [2.05, 4.69) is 14.9 Å². The Morgan fingerprint density at radius 2 is 1.84 bits per heavy atom. The number of aromatic nitrogens is 2. The molecule has 3 heterocycles. The van der Waals surface area contributed by atoms with Gasteiger partial charge in [-0.15, -0.1) is 0 Å². The molecule has 0 bridgehead atoms. The van der Waals surface area contributed by atoms with E-state index >= 15 is 0 Å². The lowest BCUT2D eigenvalue weighted by atomic mass is 9.78. The number of likely N-dealkylation sites (tertiary alicyclic amines) is 1. The van der Waals surface area contributed by atoms with Gasteiger partial charge in [0.1, 0.15) is 17.7 Å². The van der Waals surface area contributed by atoms with Crippen LogP contribution in [-0.2, 0) is 4.74 Å². The van der Waals surface area contributed by atoms with E-state index in [-0.39, 0.29) is 11.5 Å². The molecule has 2 aliphatic rings. The largest absolute Gasteiger partial charge is 0.493 e. The van der Waals surface area contributed by atoms with E-state index in [4.69, 9.17) is 14.2 Å². The summed E-state index contributed by atoms with van der Waals surface area (Å²) in [6.07, 6.45) is 4.21. The van der Waals surface area contributed by atoms with Gasteiger partial charge in [-0.25, -0.2) is 19.2 Å². The first-order valence-corrected chi connectivity index (χ1v) is 11.0. The zero-order valence-electron chi connectivity index (χ0n) is 19.2. The Kier molecular flexibility index (Phi) is 6.01. The lowest BCUT2D eigenvalue weighted by Crippen LogP contribution is -2.43. The Morgan fingerprint density at radius 3 is 2.50 bits per heavy atom. The maximum Gasteiger partial charge on any atom is 0.410 e. The number of hydrogen-bond donors (Lipinski definition) is 0. The molecule has 2 aromatic rings. The van der Waals surface area contributed by atoms with E-state index in [0.717, 1.165) is 62.2 Å². The van der Waals surface area contributed by atoms with Crippen molar-refractivity contribution in [2.45, 2.75) is 45.6 Å². The van der Waals surface area contributed by atoms with Crippen LogP contribution in [0.15, 0.2) is 18.5 Å². The maximum absolute atomic E-state index is 12.8. The number of amides is 1. The topological polar surface area (TPSA) is 77.0 Å². The van der Waals surface area contributed by atoms with Gasteiger partial charge < -0.3 is 24.0 Å². The molecule has 1 aromatic heterocycles. The number of ether oxygens (including phenoxy) is 3. The molecule has 1 amide bonds. The van der Waals surface area contributed by atoms with E-state index < -0.39 is 12.5 Å². The summed E-state index contributed by atoms with van der Waals surface area (Å²) >= 11 is 0. The Balaban J connectivity index is 1.49. The maximum atomic E-state index is 12.8. The molecule has 174 valence electrons. The normalized spacial score (nSPS) is 18.3. The third kappa shape index (κ3) is 4.52. The summed E-state index contributed by atoms with van der Waals surface area (Å²) in [6.45, 7) is 7.83. The van der Waals surface area contributed by atoms with Gasteiger partial charge >= 0.3 is 6.09 Å². The lowest BCUT2D eigenvalue weighted by molar-refractivity contribution is 0.0266. The van der Waals surface area contributed by atoms with Crippen molar-refractivity contribution in [1.82, 2.24) is 14.9 Å². The average Bonchev–Trinajstić information content (AvgIpc) is 3.16. The molecule has 2 aliphatic heterocycles. The van der Waals surface area contributed by atoms with Gasteiger partial charge in [0.15, 0.2) is 11.5 Å². The zero-order chi connectivity index (χ0) is 22.9. The van der Waals surface area contributed by atoms with Gasteiger partial charge in [-0.2, -0.15) is 0 Å². The van der Waals surface area contributed by atoms with Gasteiger partial charge in [0.25, 0.3) is 0 Å². The standard InChI is InChI=1S/C23H31FN4O4/c1-22(2,3)32-21(29)28-10-7-23(13-28)5-8-27(9-6-23)20-16-11-19(31-14-24)18(30-4)12-17(16)25-15-26-20/h11-12,15H,5-10,13-14H2,1-4H3. The molecular weight excluding hydrogens is 415 g/mol. The fourth-order valence-corrected chi connectivity index (χ4v) is 4.65. The number of carbonyl (C=O) groups excluding carboxylic acids is 1. The van der Waals surface area contributed by atoms with Crippen LogP contribution in [0.1, 0.15) is 40.0 Å². The Bertz CT molecular complexity index is 986. The van der Waals surface area contributed by atoms with Crippen LogP contribution < -0.4 is 14.4 Å². The van der Waals surface area contributed by atoms with Crippen molar-refractivity contribution >= 4 is 22.8 Å². The third-order valence-corrected chi connectivity index (χ3v) is 6.32. The molecule has 9 heteroatoms. The highest BCUT2D eigenvalue weighted by atomic mass is 19.1. The highest BCUT2D eigenvalue weighted by Gasteiger charge is 2.43. The van der Waals surface area contributed by atoms with Crippen molar-refractivity contribution in [2.24, 2.45) is 5.41 Å². The number of nitrogens with zero attached hydrogens (tertiary/aromatic N) is 4. The number of fused-ring (bicyclic) bond motifs is 1. The first kappa shape index (κ1) is 22.4. The number of anilines is 1. The number of halogens is 1. The van der Waals surface area contributed by atoms with Gasteiger partial charge in [0.05, 0.1) is 12.6 Å². The SMILES string of the molecule is COc1cc2ncnc(N3CCC4(CCN(C(=O)OC(C)(C)C)C4)CC3)c2cc1OCF. The van der Waals surface area contributed by atoms with Crippen LogP contribution >= 0.6 is 0 Å². The van der Waals surface area contributed by atoms with Crippen LogP contribution in [0.2, 0.25) is 0 Å². The van der Waals surface area contributed by atoms with Crippen LogP contribution in [0.25, 0.3) is 10.9 Å². The van der Waals surface area contributed by atoms with Crippen LogP contribution in [0, 0.1) is 5.41 Å². The van der Waals surface area contributed by atoms with Crippen molar-refractivity contribution in [2.75, 3.05) is 45.0 Å². The predicted molar refractivity (Wildman–Crippen MR) is 119 cm³/mol.